The molecule has 1 aliphatic heterocycles. The van der Waals surface area contributed by atoms with E-state index in [1.54, 1.807) is 0 Å². The quantitative estimate of drug-likeness (QED) is 0.748. The second-order valence-electron chi connectivity index (χ2n) is 6.70. The summed E-state index contributed by atoms with van der Waals surface area (Å²) >= 11 is 0. The van der Waals surface area contributed by atoms with Gasteiger partial charge in [-0.1, -0.05) is 43.3 Å². The lowest BCUT2D eigenvalue weighted by molar-refractivity contribution is 0.102. The molecule has 0 saturated carbocycles. The lowest BCUT2D eigenvalue weighted by Crippen LogP contribution is -2.21. The molecule has 1 saturated heterocycles. The van der Waals surface area contributed by atoms with Crippen LogP contribution in [0.5, 0.6) is 0 Å². The van der Waals surface area contributed by atoms with E-state index in [0.717, 1.165) is 47.5 Å². The highest BCUT2D eigenvalue weighted by Gasteiger charge is 2.19. The van der Waals surface area contributed by atoms with Crippen LogP contribution >= 0.6 is 0 Å². The summed E-state index contributed by atoms with van der Waals surface area (Å²) in [5.41, 5.74) is 3.57. The summed E-state index contributed by atoms with van der Waals surface area (Å²) in [7, 11) is 0. The number of anilines is 2. The second-order valence-corrected chi connectivity index (χ2v) is 6.70. The molecule has 4 nitrogen and oxygen atoms in total. The van der Waals surface area contributed by atoms with Gasteiger partial charge in [0.2, 0.25) is 0 Å². The van der Waals surface area contributed by atoms with Crippen LogP contribution < -0.4 is 10.2 Å². The van der Waals surface area contributed by atoms with Crippen molar-refractivity contribution in [2.75, 3.05) is 23.3 Å². The minimum atomic E-state index is -0.0788. The Bertz CT molecular complexity index is 945. The van der Waals surface area contributed by atoms with E-state index >= 15 is 0 Å². The average Bonchev–Trinajstić information content (AvgIpc) is 3.22. The van der Waals surface area contributed by atoms with Gasteiger partial charge in [-0.05, 0) is 43.0 Å². The standard InChI is InChI=1S/C22H23N3O/c1-2-16-9-3-5-11-19(16)24-22(26)18-15-21(25-13-7-8-14-25)23-20-12-6-4-10-17(18)20/h3-6,9-12,15H,2,7-8,13-14H2,1H3,(H,24,26). The van der Waals surface area contributed by atoms with Gasteiger partial charge >= 0.3 is 0 Å². The zero-order valence-corrected chi connectivity index (χ0v) is 15.0. The molecule has 0 radical (unpaired) electrons. The molecule has 0 aliphatic carbocycles. The van der Waals surface area contributed by atoms with Gasteiger partial charge in [-0.25, -0.2) is 4.98 Å². The second kappa shape index (κ2) is 7.16. The third-order valence-electron chi connectivity index (χ3n) is 5.02. The number of benzene rings is 2. The Labute approximate surface area is 153 Å². The number of para-hydroxylation sites is 2. The molecule has 4 rings (SSSR count). The number of amides is 1. The summed E-state index contributed by atoms with van der Waals surface area (Å²) < 4.78 is 0. The number of fused-ring (bicyclic) bond motifs is 1. The van der Waals surface area contributed by atoms with Crippen LogP contribution in [0.25, 0.3) is 10.9 Å². The molecular weight excluding hydrogens is 322 g/mol. The van der Waals surface area contributed by atoms with Crippen molar-refractivity contribution in [1.82, 2.24) is 4.98 Å². The molecule has 2 aromatic carbocycles. The highest BCUT2D eigenvalue weighted by Crippen LogP contribution is 2.26. The van der Waals surface area contributed by atoms with Crippen molar-refractivity contribution < 1.29 is 4.79 Å². The summed E-state index contributed by atoms with van der Waals surface area (Å²) in [6.07, 6.45) is 3.24. The maximum absolute atomic E-state index is 13.1. The van der Waals surface area contributed by atoms with Gasteiger partial charge in [0.1, 0.15) is 5.82 Å². The van der Waals surface area contributed by atoms with Crippen molar-refractivity contribution in [3.05, 3.63) is 65.7 Å². The van der Waals surface area contributed by atoms with Crippen molar-refractivity contribution in [2.24, 2.45) is 0 Å². The van der Waals surface area contributed by atoms with Crippen LogP contribution in [0.2, 0.25) is 0 Å². The Hall–Kier alpha value is -2.88. The topological polar surface area (TPSA) is 45.2 Å². The number of carbonyl (C=O) groups excluding carboxylic acids is 1. The molecule has 0 atom stereocenters. The Morgan fingerprint density at radius 2 is 1.81 bits per heavy atom. The van der Waals surface area contributed by atoms with E-state index < -0.39 is 0 Å². The van der Waals surface area contributed by atoms with Gasteiger partial charge in [0.15, 0.2) is 0 Å². The van der Waals surface area contributed by atoms with Gasteiger partial charge in [-0.2, -0.15) is 0 Å². The maximum atomic E-state index is 13.1. The van der Waals surface area contributed by atoms with Crippen LogP contribution in [-0.4, -0.2) is 24.0 Å². The molecule has 0 bridgehead atoms. The fourth-order valence-electron chi connectivity index (χ4n) is 3.60. The van der Waals surface area contributed by atoms with E-state index in [-0.39, 0.29) is 5.91 Å². The third kappa shape index (κ3) is 3.15. The summed E-state index contributed by atoms with van der Waals surface area (Å²) in [5.74, 6) is 0.820. The van der Waals surface area contributed by atoms with Crippen molar-refractivity contribution in [3.63, 3.8) is 0 Å². The number of nitrogens with zero attached hydrogens (tertiary/aromatic N) is 2. The summed E-state index contributed by atoms with van der Waals surface area (Å²) in [4.78, 5) is 20.2. The van der Waals surface area contributed by atoms with E-state index in [1.807, 2.05) is 48.5 Å². The zero-order chi connectivity index (χ0) is 17.9. The number of carbonyl (C=O) groups is 1. The molecule has 1 aromatic heterocycles. The van der Waals surface area contributed by atoms with Gasteiger partial charge in [-0.15, -0.1) is 0 Å². The summed E-state index contributed by atoms with van der Waals surface area (Å²) in [5, 5.41) is 3.99. The molecule has 2 heterocycles. The first kappa shape index (κ1) is 16.6. The van der Waals surface area contributed by atoms with Crippen molar-refractivity contribution in [1.29, 1.82) is 0 Å². The Morgan fingerprint density at radius 3 is 2.62 bits per heavy atom. The van der Waals surface area contributed by atoms with Crippen molar-refractivity contribution >= 4 is 28.3 Å². The first-order valence-corrected chi connectivity index (χ1v) is 9.30. The largest absolute Gasteiger partial charge is 0.357 e. The zero-order valence-electron chi connectivity index (χ0n) is 15.0. The lowest BCUT2D eigenvalue weighted by atomic mass is 10.1. The van der Waals surface area contributed by atoms with E-state index in [0.29, 0.717) is 5.56 Å². The molecule has 4 heteroatoms. The van der Waals surface area contributed by atoms with E-state index in [4.69, 9.17) is 4.98 Å². The minimum Gasteiger partial charge on any atom is -0.357 e. The van der Waals surface area contributed by atoms with Gasteiger partial charge in [-0.3, -0.25) is 4.79 Å². The van der Waals surface area contributed by atoms with Crippen molar-refractivity contribution in [3.8, 4) is 0 Å². The van der Waals surface area contributed by atoms with Gasteiger partial charge in [0.25, 0.3) is 5.91 Å². The number of aromatic nitrogens is 1. The number of pyridine rings is 1. The van der Waals surface area contributed by atoms with Crippen LogP contribution in [0.4, 0.5) is 11.5 Å². The first-order valence-electron chi connectivity index (χ1n) is 9.30. The fraction of sp³-hybridized carbons (Fsp3) is 0.273. The predicted octanol–water partition coefficient (Wildman–Crippen LogP) is 4.65. The highest BCUT2D eigenvalue weighted by atomic mass is 16.1. The minimum absolute atomic E-state index is 0.0788. The molecule has 0 spiro atoms. The SMILES string of the molecule is CCc1ccccc1NC(=O)c1cc(N2CCCC2)nc2ccccc12. The number of nitrogens with one attached hydrogen (secondary N) is 1. The highest BCUT2D eigenvalue weighted by molar-refractivity contribution is 6.13. The lowest BCUT2D eigenvalue weighted by Gasteiger charge is -2.19. The molecular formula is C22H23N3O. The Balaban J connectivity index is 1.75. The molecule has 1 N–H and O–H groups in total. The smallest absolute Gasteiger partial charge is 0.256 e. The normalized spacial score (nSPS) is 14.0. The van der Waals surface area contributed by atoms with Crippen LogP contribution in [0, 0.1) is 0 Å². The molecule has 132 valence electrons. The summed E-state index contributed by atoms with van der Waals surface area (Å²) in [6, 6.07) is 17.8. The third-order valence-corrected chi connectivity index (χ3v) is 5.02. The molecule has 26 heavy (non-hydrogen) atoms. The van der Waals surface area contributed by atoms with Gasteiger partial charge < -0.3 is 10.2 Å². The molecule has 0 unspecified atom stereocenters. The Kier molecular flexibility index (Phi) is 4.57. The average molecular weight is 345 g/mol. The number of rotatable bonds is 4. The van der Waals surface area contributed by atoms with Gasteiger partial charge in [0.05, 0.1) is 11.1 Å². The van der Waals surface area contributed by atoms with Crippen molar-refractivity contribution in [2.45, 2.75) is 26.2 Å². The van der Waals surface area contributed by atoms with Crippen LogP contribution in [0.3, 0.4) is 0 Å². The van der Waals surface area contributed by atoms with E-state index in [9.17, 15) is 4.79 Å². The number of hydrogen-bond acceptors (Lipinski definition) is 3. The van der Waals surface area contributed by atoms with E-state index in [2.05, 4.69) is 23.2 Å². The molecule has 3 aromatic rings. The van der Waals surface area contributed by atoms with Crippen LogP contribution in [-0.2, 0) is 6.42 Å². The fourth-order valence-corrected chi connectivity index (χ4v) is 3.60. The maximum Gasteiger partial charge on any atom is 0.256 e. The van der Waals surface area contributed by atoms with Gasteiger partial charge in [0, 0.05) is 24.2 Å². The number of aryl methyl sites for hydroxylation is 1. The Morgan fingerprint density at radius 1 is 1.08 bits per heavy atom. The molecule has 1 fully saturated rings. The number of hydrogen-bond donors (Lipinski definition) is 1. The predicted molar refractivity (Wildman–Crippen MR) is 107 cm³/mol. The molecule has 1 aliphatic rings. The summed E-state index contributed by atoms with van der Waals surface area (Å²) in [6.45, 7) is 4.11. The first-order chi connectivity index (χ1) is 12.8. The van der Waals surface area contributed by atoms with Crippen LogP contribution in [0.1, 0.15) is 35.7 Å². The monoisotopic (exact) mass is 345 g/mol. The van der Waals surface area contributed by atoms with Crippen LogP contribution in [0.15, 0.2) is 54.6 Å². The van der Waals surface area contributed by atoms with E-state index in [1.165, 1.54) is 12.8 Å². The molecule has 1 amide bonds.